The molecule has 0 saturated carbocycles. The topological polar surface area (TPSA) is 139 Å². The number of anilines is 2. The Kier molecular flexibility index (Phi) is 7.55. The number of likely N-dealkylation sites (tertiary alicyclic amines) is 1. The summed E-state index contributed by atoms with van der Waals surface area (Å²) < 4.78 is 1.26. The van der Waals surface area contributed by atoms with Gasteiger partial charge in [0.1, 0.15) is 5.82 Å². The van der Waals surface area contributed by atoms with Crippen molar-refractivity contribution in [2.45, 2.75) is 59.4 Å². The lowest BCUT2D eigenvalue weighted by Gasteiger charge is -2.25. The molecule has 10 nitrogen and oxygen atoms in total. The quantitative estimate of drug-likeness (QED) is 0.421. The average Bonchev–Trinajstić information content (AvgIpc) is 3.01. The van der Waals surface area contributed by atoms with Crippen molar-refractivity contribution in [3.63, 3.8) is 0 Å². The van der Waals surface area contributed by atoms with E-state index in [4.69, 9.17) is 5.73 Å². The molecular weight excluding hydrogens is 426 g/mol. The van der Waals surface area contributed by atoms with Crippen LogP contribution >= 0.6 is 0 Å². The largest absolute Gasteiger partial charge is 0.383 e. The zero-order chi connectivity index (χ0) is 24.3. The van der Waals surface area contributed by atoms with Crippen LogP contribution in [0.5, 0.6) is 0 Å². The monoisotopic (exact) mass is 459 g/mol. The molecule has 33 heavy (non-hydrogen) atoms. The van der Waals surface area contributed by atoms with Gasteiger partial charge in [-0.25, -0.2) is 4.79 Å². The molecule has 2 aliphatic rings. The van der Waals surface area contributed by atoms with E-state index in [1.165, 1.54) is 14.4 Å². The van der Waals surface area contributed by atoms with Gasteiger partial charge in [0.15, 0.2) is 5.69 Å². The zero-order valence-electron chi connectivity index (χ0n) is 19.5. The van der Waals surface area contributed by atoms with E-state index in [2.05, 4.69) is 4.98 Å². The first-order valence-electron chi connectivity index (χ1n) is 11.6. The van der Waals surface area contributed by atoms with E-state index in [1.807, 2.05) is 32.9 Å². The van der Waals surface area contributed by atoms with Gasteiger partial charge in [0.2, 0.25) is 17.7 Å². The van der Waals surface area contributed by atoms with Gasteiger partial charge in [0.05, 0.1) is 11.8 Å². The third-order valence-corrected chi connectivity index (χ3v) is 6.22. The van der Waals surface area contributed by atoms with Crippen molar-refractivity contribution in [2.75, 3.05) is 23.7 Å². The molecule has 2 heterocycles. The summed E-state index contributed by atoms with van der Waals surface area (Å²) in [6.45, 7) is 6.25. The van der Waals surface area contributed by atoms with Crippen LogP contribution in [-0.2, 0) is 20.9 Å². The van der Waals surface area contributed by atoms with Gasteiger partial charge < -0.3 is 10.6 Å². The molecule has 1 aliphatic carbocycles. The van der Waals surface area contributed by atoms with Crippen molar-refractivity contribution in [2.24, 2.45) is 17.8 Å². The highest BCUT2D eigenvalue weighted by molar-refractivity contribution is 6.06. The number of nitrogens with two attached hydrogens (primary N) is 1. The highest BCUT2D eigenvalue weighted by Crippen LogP contribution is 2.35. The summed E-state index contributed by atoms with van der Waals surface area (Å²) in [4.78, 5) is 68.3. The van der Waals surface area contributed by atoms with Gasteiger partial charge in [-0.15, -0.1) is 0 Å². The first kappa shape index (κ1) is 24.5. The van der Waals surface area contributed by atoms with E-state index in [0.717, 1.165) is 6.42 Å². The fraction of sp³-hybridized carbons (Fsp3) is 0.609. The lowest BCUT2D eigenvalue weighted by molar-refractivity contribution is -0.140. The van der Waals surface area contributed by atoms with Crippen LogP contribution in [0, 0.1) is 17.8 Å². The van der Waals surface area contributed by atoms with Crippen molar-refractivity contribution in [3.8, 4) is 0 Å². The van der Waals surface area contributed by atoms with E-state index in [0.29, 0.717) is 19.3 Å². The second-order valence-electron chi connectivity index (χ2n) is 9.13. The van der Waals surface area contributed by atoms with Crippen molar-refractivity contribution in [1.29, 1.82) is 0 Å². The highest BCUT2D eigenvalue weighted by Gasteiger charge is 2.47. The van der Waals surface area contributed by atoms with E-state index < -0.39 is 17.2 Å². The van der Waals surface area contributed by atoms with Crippen LogP contribution in [0.1, 0.15) is 52.9 Å². The number of hydrogen-bond donors (Lipinski definition) is 2. The van der Waals surface area contributed by atoms with Crippen LogP contribution in [0.3, 0.4) is 0 Å². The maximum absolute atomic E-state index is 13.2. The molecule has 180 valence electrons. The molecule has 2 atom stereocenters. The standard InChI is InChI=1S/C23H33N5O5/c1-4-5-11-26(18-19(24)28(13-14(2)3)23(33)25-20(18)30)17(29)10-12-27-21(31)15-8-6-7-9-16(15)22(27)32/h6-7,14-16H,4-5,8-13,24H2,1-3H3,(H,25,30,33). The number of nitrogen functional groups attached to an aromatic ring is 1. The summed E-state index contributed by atoms with van der Waals surface area (Å²) in [7, 11) is 0. The highest BCUT2D eigenvalue weighted by atomic mass is 16.2. The number of imide groups is 1. The summed E-state index contributed by atoms with van der Waals surface area (Å²) in [5.41, 5.74) is 4.79. The average molecular weight is 460 g/mol. The minimum atomic E-state index is -0.729. The van der Waals surface area contributed by atoms with Crippen molar-refractivity contribution >= 4 is 29.2 Å². The van der Waals surface area contributed by atoms with Gasteiger partial charge in [-0.1, -0.05) is 39.3 Å². The Hall–Kier alpha value is -3.17. The molecule has 2 unspecified atom stereocenters. The molecule has 1 fully saturated rings. The number of hydrogen-bond acceptors (Lipinski definition) is 6. The second-order valence-corrected chi connectivity index (χ2v) is 9.13. The minimum Gasteiger partial charge on any atom is -0.383 e. The van der Waals surface area contributed by atoms with E-state index >= 15 is 0 Å². The number of carbonyl (C=O) groups is 3. The molecule has 3 amide bonds. The number of H-pyrrole nitrogens is 1. The number of fused-ring (bicyclic) bond motifs is 1. The molecule has 0 bridgehead atoms. The molecule has 0 aromatic carbocycles. The Bertz CT molecular complexity index is 1040. The summed E-state index contributed by atoms with van der Waals surface area (Å²) in [6, 6.07) is 0. The third-order valence-electron chi connectivity index (χ3n) is 6.22. The molecule has 0 radical (unpaired) electrons. The van der Waals surface area contributed by atoms with Gasteiger partial charge in [-0.05, 0) is 25.2 Å². The predicted octanol–water partition coefficient (Wildman–Crippen LogP) is 1.25. The molecule has 3 N–H and O–H groups in total. The SMILES string of the molecule is CCCCN(C(=O)CCN1C(=O)C2CC=CCC2C1=O)c1c(N)n(CC(C)C)c(=O)[nH]c1=O. The molecular formula is C23H33N5O5. The lowest BCUT2D eigenvalue weighted by atomic mass is 9.85. The number of carbonyl (C=O) groups excluding carboxylic acids is 3. The normalized spacial score (nSPS) is 19.9. The number of nitrogens with one attached hydrogen (secondary N) is 1. The van der Waals surface area contributed by atoms with Gasteiger partial charge in [-0.3, -0.25) is 33.6 Å². The number of aromatic nitrogens is 2. The van der Waals surface area contributed by atoms with Crippen LogP contribution in [0.2, 0.25) is 0 Å². The van der Waals surface area contributed by atoms with Crippen LogP contribution < -0.4 is 21.9 Å². The number of nitrogens with zero attached hydrogens (tertiary/aromatic N) is 3. The number of allylic oxidation sites excluding steroid dienone is 2. The maximum atomic E-state index is 13.2. The Labute approximate surface area is 192 Å². The number of unbranched alkanes of at least 4 members (excludes halogenated alkanes) is 1. The smallest absolute Gasteiger partial charge is 0.330 e. The Morgan fingerprint density at radius 2 is 1.76 bits per heavy atom. The lowest BCUT2D eigenvalue weighted by Crippen LogP contribution is -2.43. The van der Waals surface area contributed by atoms with Crippen LogP contribution in [0.25, 0.3) is 0 Å². The molecule has 1 aromatic heterocycles. The summed E-state index contributed by atoms with van der Waals surface area (Å²) in [5.74, 6) is -1.60. The predicted molar refractivity (Wildman–Crippen MR) is 125 cm³/mol. The molecule has 10 heteroatoms. The number of amides is 3. The zero-order valence-corrected chi connectivity index (χ0v) is 19.5. The van der Waals surface area contributed by atoms with Gasteiger partial charge in [0.25, 0.3) is 5.56 Å². The molecule has 0 spiro atoms. The number of rotatable bonds is 9. The minimum absolute atomic E-state index is 0.0461. The Morgan fingerprint density at radius 3 is 2.30 bits per heavy atom. The Morgan fingerprint density at radius 1 is 1.15 bits per heavy atom. The summed E-state index contributed by atoms with van der Waals surface area (Å²) in [6.07, 6.45) is 6.15. The first-order chi connectivity index (χ1) is 15.7. The van der Waals surface area contributed by atoms with Crippen LogP contribution in [-0.4, -0.2) is 45.3 Å². The first-order valence-corrected chi connectivity index (χ1v) is 11.6. The fourth-order valence-corrected chi connectivity index (χ4v) is 4.49. The molecule has 1 aliphatic heterocycles. The van der Waals surface area contributed by atoms with E-state index in [-0.39, 0.29) is 67.1 Å². The maximum Gasteiger partial charge on any atom is 0.330 e. The third kappa shape index (κ3) is 4.94. The van der Waals surface area contributed by atoms with Crippen LogP contribution in [0.4, 0.5) is 11.5 Å². The van der Waals surface area contributed by atoms with E-state index in [1.54, 1.807) is 0 Å². The van der Waals surface area contributed by atoms with Gasteiger partial charge >= 0.3 is 5.69 Å². The molecule has 1 saturated heterocycles. The Balaban J connectivity index is 1.84. The molecule has 3 rings (SSSR count). The van der Waals surface area contributed by atoms with Crippen molar-refractivity contribution in [1.82, 2.24) is 14.5 Å². The second kappa shape index (κ2) is 10.2. The number of aromatic amines is 1. The van der Waals surface area contributed by atoms with Gasteiger partial charge in [0, 0.05) is 26.1 Å². The molecule has 1 aromatic rings. The summed E-state index contributed by atoms with van der Waals surface area (Å²) >= 11 is 0. The van der Waals surface area contributed by atoms with Crippen molar-refractivity contribution < 1.29 is 14.4 Å². The van der Waals surface area contributed by atoms with Crippen LogP contribution in [0.15, 0.2) is 21.7 Å². The van der Waals surface area contributed by atoms with Gasteiger partial charge in [-0.2, -0.15) is 0 Å². The van der Waals surface area contributed by atoms with Crippen molar-refractivity contribution in [3.05, 3.63) is 33.0 Å². The fourth-order valence-electron chi connectivity index (χ4n) is 4.49. The van der Waals surface area contributed by atoms with E-state index in [9.17, 15) is 24.0 Å². The summed E-state index contributed by atoms with van der Waals surface area (Å²) in [5, 5.41) is 0.